The summed E-state index contributed by atoms with van der Waals surface area (Å²) in [5, 5.41) is 12.8. The molecule has 1 fully saturated rings. The van der Waals surface area contributed by atoms with Crippen molar-refractivity contribution >= 4 is 21.6 Å². The number of aromatic nitrogens is 1. The van der Waals surface area contributed by atoms with E-state index in [1.807, 2.05) is 6.07 Å². The lowest BCUT2D eigenvalue weighted by molar-refractivity contribution is 0.182. The predicted octanol–water partition coefficient (Wildman–Crippen LogP) is 2.17. The summed E-state index contributed by atoms with van der Waals surface area (Å²) in [6.45, 7) is 0. The zero-order valence-electron chi connectivity index (χ0n) is 7.78. The number of aliphatic hydroxyl groups is 1. The third-order valence-corrected chi connectivity index (χ3v) is 3.17. The number of rotatable bonds is 2. The number of anilines is 1. The first-order valence-corrected chi connectivity index (χ1v) is 5.59. The Morgan fingerprint density at radius 1 is 1.50 bits per heavy atom. The van der Waals surface area contributed by atoms with E-state index in [2.05, 4.69) is 26.2 Å². The maximum Gasteiger partial charge on any atom is 0.0590 e. The number of hydrogen-bond donors (Lipinski definition) is 2. The zero-order valence-corrected chi connectivity index (χ0v) is 9.37. The molecule has 0 spiro atoms. The van der Waals surface area contributed by atoms with Gasteiger partial charge in [0, 0.05) is 18.4 Å². The van der Waals surface area contributed by atoms with E-state index < -0.39 is 0 Å². The SMILES string of the molecule is O[C@@H]1CC[C@H](Nc2ccncc2Br)C1. The molecule has 2 rings (SSSR count). The van der Waals surface area contributed by atoms with E-state index in [1.54, 1.807) is 12.4 Å². The normalized spacial score (nSPS) is 26.4. The molecule has 3 nitrogen and oxygen atoms in total. The van der Waals surface area contributed by atoms with Crippen LogP contribution in [0.1, 0.15) is 19.3 Å². The molecule has 1 saturated carbocycles. The summed E-state index contributed by atoms with van der Waals surface area (Å²) in [5.41, 5.74) is 1.05. The standard InChI is InChI=1S/C10H13BrN2O/c11-9-6-12-4-3-10(9)13-7-1-2-8(14)5-7/h3-4,6-8,14H,1-2,5H2,(H,12,13)/t7-,8+/m0/s1. The lowest BCUT2D eigenvalue weighted by Gasteiger charge is -2.14. The molecule has 1 aliphatic carbocycles. The maximum atomic E-state index is 9.38. The van der Waals surface area contributed by atoms with Crippen molar-refractivity contribution in [2.24, 2.45) is 0 Å². The van der Waals surface area contributed by atoms with Crippen LogP contribution in [0.4, 0.5) is 5.69 Å². The summed E-state index contributed by atoms with van der Waals surface area (Å²) in [4.78, 5) is 4.00. The van der Waals surface area contributed by atoms with E-state index in [-0.39, 0.29) is 6.10 Å². The summed E-state index contributed by atoms with van der Waals surface area (Å²) in [6.07, 6.45) is 6.19. The zero-order chi connectivity index (χ0) is 9.97. The van der Waals surface area contributed by atoms with Crippen molar-refractivity contribution in [3.63, 3.8) is 0 Å². The Morgan fingerprint density at radius 2 is 2.36 bits per heavy atom. The van der Waals surface area contributed by atoms with Crippen molar-refractivity contribution in [1.29, 1.82) is 0 Å². The van der Waals surface area contributed by atoms with Crippen LogP contribution < -0.4 is 5.32 Å². The predicted molar refractivity (Wildman–Crippen MR) is 59.2 cm³/mol. The lowest BCUT2D eigenvalue weighted by Crippen LogP contribution is -2.16. The molecule has 0 aliphatic heterocycles. The van der Waals surface area contributed by atoms with Gasteiger partial charge in [0.1, 0.15) is 0 Å². The van der Waals surface area contributed by atoms with E-state index in [0.717, 1.165) is 29.4 Å². The van der Waals surface area contributed by atoms with Gasteiger partial charge in [0.05, 0.1) is 16.3 Å². The monoisotopic (exact) mass is 256 g/mol. The van der Waals surface area contributed by atoms with Crippen LogP contribution >= 0.6 is 15.9 Å². The van der Waals surface area contributed by atoms with Gasteiger partial charge < -0.3 is 10.4 Å². The third kappa shape index (κ3) is 2.25. The van der Waals surface area contributed by atoms with Gasteiger partial charge in [-0.25, -0.2) is 0 Å². The van der Waals surface area contributed by atoms with Crippen LogP contribution in [-0.2, 0) is 0 Å². The lowest BCUT2D eigenvalue weighted by atomic mass is 10.2. The average molecular weight is 257 g/mol. The van der Waals surface area contributed by atoms with Crippen LogP contribution in [0.25, 0.3) is 0 Å². The molecule has 1 heterocycles. The Balaban J connectivity index is 2.01. The largest absolute Gasteiger partial charge is 0.393 e. The van der Waals surface area contributed by atoms with Crippen molar-refractivity contribution in [3.8, 4) is 0 Å². The third-order valence-electron chi connectivity index (χ3n) is 2.54. The molecular weight excluding hydrogens is 244 g/mol. The molecule has 0 radical (unpaired) electrons. The fourth-order valence-electron chi connectivity index (χ4n) is 1.80. The molecule has 1 aliphatic rings. The Bertz CT molecular complexity index is 319. The molecule has 1 aromatic heterocycles. The highest BCUT2D eigenvalue weighted by atomic mass is 79.9. The second-order valence-electron chi connectivity index (χ2n) is 3.66. The number of aliphatic hydroxyl groups excluding tert-OH is 1. The molecule has 0 unspecified atom stereocenters. The van der Waals surface area contributed by atoms with Gasteiger partial charge in [-0.2, -0.15) is 0 Å². The van der Waals surface area contributed by atoms with Gasteiger partial charge in [-0.3, -0.25) is 4.98 Å². The second-order valence-corrected chi connectivity index (χ2v) is 4.52. The Labute approximate surface area is 91.7 Å². The summed E-state index contributed by atoms with van der Waals surface area (Å²) >= 11 is 3.43. The molecule has 0 amide bonds. The van der Waals surface area contributed by atoms with Gasteiger partial charge in [0.25, 0.3) is 0 Å². The van der Waals surface area contributed by atoms with E-state index in [4.69, 9.17) is 0 Å². The fourth-order valence-corrected chi connectivity index (χ4v) is 2.17. The van der Waals surface area contributed by atoms with Crippen LogP contribution in [0.3, 0.4) is 0 Å². The molecular formula is C10H13BrN2O. The van der Waals surface area contributed by atoms with Gasteiger partial charge in [0.15, 0.2) is 0 Å². The van der Waals surface area contributed by atoms with Gasteiger partial charge in [-0.15, -0.1) is 0 Å². The molecule has 0 aromatic carbocycles. The minimum Gasteiger partial charge on any atom is -0.393 e. The number of halogens is 1. The van der Waals surface area contributed by atoms with Crippen LogP contribution in [0.15, 0.2) is 22.9 Å². The number of nitrogens with zero attached hydrogens (tertiary/aromatic N) is 1. The smallest absolute Gasteiger partial charge is 0.0590 e. The maximum absolute atomic E-state index is 9.38. The van der Waals surface area contributed by atoms with E-state index >= 15 is 0 Å². The highest BCUT2D eigenvalue weighted by Gasteiger charge is 2.22. The Hall–Kier alpha value is -0.610. The number of nitrogens with one attached hydrogen (secondary N) is 1. The molecule has 14 heavy (non-hydrogen) atoms. The molecule has 2 N–H and O–H groups in total. The van der Waals surface area contributed by atoms with E-state index in [1.165, 1.54) is 0 Å². The average Bonchev–Trinajstić information content (AvgIpc) is 2.56. The number of pyridine rings is 1. The van der Waals surface area contributed by atoms with Crippen molar-refractivity contribution in [1.82, 2.24) is 4.98 Å². The van der Waals surface area contributed by atoms with E-state index in [0.29, 0.717) is 6.04 Å². The topological polar surface area (TPSA) is 45.1 Å². The molecule has 2 atom stereocenters. The van der Waals surface area contributed by atoms with Crippen molar-refractivity contribution in [3.05, 3.63) is 22.9 Å². The fraction of sp³-hybridized carbons (Fsp3) is 0.500. The van der Waals surface area contributed by atoms with Gasteiger partial charge in [0.2, 0.25) is 0 Å². The minimum atomic E-state index is -0.131. The van der Waals surface area contributed by atoms with Crippen LogP contribution in [0, 0.1) is 0 Å². The van der Waals surface area contributed by atoms with E-state index in [9.17, 15) is 5.11 Å². The Kier molecular flexibility index (Phi) is 3.03. The summed E-state index contributed by atoms with van der Waals surface area (Å²) in [5.74, 6) is 0. The molecule has 0 bridgehead atoms. The van der Waals surface area contributed by atoms with Crippen molar-refractivity contribution in [2.45, 2.75) is 31.4 Å². The van der Waals surface area contributed by atoms with Crippen LogP contribution in [-0.4, -0.2) is 22.2 Å². The summed E-state index contributed by atoms with van der Waals surface area (Å²) < 4.78 is 0.974. The Morgan fingerprint density at radius 3 is 3.00 bits per heavy atom. The first-order valence-electron chi connectivity index (χ1n) is 4.80. The molecule has 1 aromatic rings. The van der Waals surface area contributed by atoms with Crippen LogP contribution in [0.2, 0.25) is 0 Å². The molecule has 0 saturated heterocycles. The highest BCUT2D eigenvalue weighted by molar-refractivity contribution is 9.10. The van der Waals surface area contributed by atoms with Crippen LogP contribution in [0.5, 0.6) is 0 Å². The molecule has 76 valence electrons. The first kappa shape index (κ1) is 9.93. The highest BCUT2D eigenvalue weighted by Crippen LogP contribution is 2.26. The quantitative estimate of drug-likeness (QED) is 0.853. The first-order chi connectivity index (χ1) is 6.75. The second kappa shape index (κ2) is 4.28. The number of hydrogen-bond acceptors (Lipinski definition) is 3. The van der Waals surface area contributed by atoms with Crippen molar-refractivity contribution in [2.75, 3.05) is 5.32 Å². The van der Waals surface area contributed by atoms with Gasteiger partial charge in [-0.05, 0) is 41.3 Å². The molecule has 4 heteroatoms. The van der Waals surface area contributed by atoms with Crippen molar-refractivity contribution < 1.29 is 5.11 Å². The summed E-state index contributed by atoms with van der Waals surface area (Å²) in [6, 6.07) is 2.33. The van der Waals surface area contributed by atoms with Gasteiger partial charge >= 0.3 is 0 Å². The minimum absolute atomic E-state index is 0.131. The summed E-state index contributed by atoms with van der Waals surface area (Å²) in [7, 11) is 0. The van der Waals surface area contributed by atoms with Gasteiger partial charge in [-0.1, -0.05) is 0 Å².